The number of hydrogen-bond acceptors (Lipinski definition) is 3. The minimum Gasteiger partial charge on any atom is -0.326 e. The van der Waals surface area contributed by atoms with Crippen LogP contribution in [0, 0.1) is 0 Å². The highest BCUT2D eigenvalue weighted by Gasteiger charge is 2.17. The molecule has 0 saturated heterocycles. The van der Waals surface area contributed by atoms with Crippen LogP contribution >= 0.6 is 11.8 Å². The molecule has 5 heteroatoms. The highest BCUT2D eigenvalue weighted by atomic mass is 32.2. The van der Waals surface area contributed by atoms with Crippen LogP contribution in [0.1, 0.15) is 19.8 Å². The lowest BCUT2D eigenvalue weighted by atomic mass is 10.2. The van der Waals surface area contributed by atoms with Crippen molar-refractivity contribution in [1.82, 2.24) is 0 Å². The number of hydrogen-bond donors (Lipinski definition) is 1. The molecule has 0 aromatic heterocycles. The molecule has 3 rings (SSSR count). The van der Waals surface area contributed by atoms with Gasteiger partial charge in [-0.05, 0) is 55.0 Å². The molecule has 0 fully saturated rings. The van der Waals surface area contributed by atoms with Crippen molar-refractivity contribution in [3.63, 3.8) is 0 Å². The Hall–Kier alpha value is -3.05. The minimum absolute atomic E-state index is 0.00715. The van der Waals surface area contributed by atoms with E-state index in [1.54, 1.807) is 4.90 Å². The van der Waals surface area contributed by atoms with Crippen LogP contribution in [0.2, 0.25) is 0 Å². The molecule has 29 heavy (non-hydrogen) atoms. The lowest BCUT2D eigenvalue weighted by Crippen LogP contribution is -2.27. The van der Waals surface area contributed by atoms with E-state index in [0.29, 0.717) is 12.2 Å². The molecule has 0 radical (unpaired) electrons. The number of anilines is 3. The highest BCUT2D eigenvalue weighted by molar-refractivity contribution is 8.00. The third kappa shape index (κ3) is 5.96. The maximum atomic E-state index is 13.0. The zero-order valence-corrected chi connectivity index (χ0v) is 17.2. The van der Waals surface area contributed by atoms with Crippen LogP contribution in [0.3, 0.4) is 0 Å². The Morgan fingerprint density at radius 3 is 1.90 bits per heavy atom. The standard InChI is InChI=1S/C24H24N2O2S/c1-2-9-23(27)25-19-14-16-22(17-15-19)29-18-24(28)26(20-10-5-3-6-11-20)21-12-7-4-8-13-21/h3-8,10-17H,2,9,18H2,1H3,(H,25,27). The van der Waals surface area contributed by atoms with Gasteiger partial charge in [-0.15, -0.1) is 11.8 Å². The molecule has 0 unspecified atom stereocenters. The van der Waals surface area contributed by atoms with Crippen LogP contribution in [0.15, 0.2) is 89.8 Å². The van der Waals surface area contributed by atoms with Gasteiger partial charge in [-0.3, -0.25) is 14.5 Å². The van der Waals surface area contributed by atoms with E-state index < -0.39 is 0 Å². The molecule has 0 saturated carbocycles. The van der Waals surface area contributed by atoms with Gasteiger partial charge in [0.05, 0.1) is 5.75 Å². The van der Waals surface area contributed by atoms with Gasteiger partial charge in [-0.25, -0.2) is 0 Å². The van der Waals surface area contributed by atoms with Crippen LogP contribution in [0.5, 0.6) is 0 Å². The Morgan fingerprint density at radius 2 is 1.38 bits per heavy atom. The van der Waals surface area contributed by atoms with Crippen molar-refractivity contribution in [3.05, 3.63) is 84.9 Å². The molecule has 0 spiro atoms. The zero-order valence-electron chi connectivity index (χ0n) is 16.4. The molecule has 0 aliphatic carbocycles. The molecule has 0 atom stereocenters. The summed E-state index contributed by atoms with van der Waals surface area (Å²) < 4.78 is 0. The van der Waals surface area contributed by atoms with Gasteiger partial charge < -0.3 is 5.32 Å². The van der Waals surface area contributed by atoms with Crippen molar-refractivity contribution in [1.29, 1.82) is 0 Å². The second kappa shape index (κ2) is 10.5. The van der Waals surface area contributed by atoms with E-state index >= 15 is 0 Å². The number of nitrogens with one attached hydrogen (secondary N) is 1. The Bertz CT molecular complexity index is 889. The predicted molar refractivity (Wildman–Crippen MR) is 121 cm³/mol. The molecule has 0 heterocycles. The number of amides is 2. The van der Waals surface area contributed by atoms with E-state index in [1.165, 1.54) is 11.8 Å². The van der Waals surface area contributed by atoms with Gasteiger partial charge >= 0.3 is 0 Å². The minimum atomic E-state index is 0.00715. The monoisotopic (exact) mass is 404 g/mol. The third-order valence-corrected chi connectivity index (χ3v) is 5.25. The quantitative estimate of drug-likeness (QED) is 0.477. The summed E-state index contributed by atoms with van der Waals surface area (Å²) in [4.78, 5) is 27.5. The first kappa shape index (κ1) is 20.7. The molecule has 4 nitrogen and oxygen atoms in total. The number of carbonyl (C=O) groups is 2. The smallest absolute Gasteiger partial charge is 0.241 e. The molecule has 3 aromatic carbocycles. The maximum Gasteiger partial charge on any atom is 0.241 e. The molecule has 2 amide bonds. The van der Waals surface area contributed by atoms with Gasteiger partial charge in [0.15, 0.2) is 0 Å². The van der Waals surface area contributed by atoms with Gasteiger partial charge in [0.2, 0.25) is 11.8 Å². The molecule has 0 aliphatic heterocycles. The topological polar surface area (TPSA) is 49.4 Å². The number of benzene rings is 3. The van der Waals surface area contributed by atoms with Crippen LogP contribution in [-0.2, 0) is 9.59 Å². The summed E-state index contributed by atoms with van der Waals surface area (Å²) in [6, 6.07) is 26.9. The number of nitrogens with zero attached hydrogens (tertiary/aromatic N) is 1. The summed E-state index contributed by atoms with van der Waals surface area (Å²) in [5.41, 5.74) is 2.46. The fourth-order valence-corrected chi connectivity index (χ4v) is 3.63. The highest BCUT2D eigenvalue weighted by Crippen LogP contribution is 2.28. The third-order valence-electron chi connectivity index (χ3n) is 4.26. The first-order valence-corrected chi connectivity index (χ1v) is 10.6. The summed E-state index contributed by atoms with van der Waals surface area (Å²) in [7, 11) is 0. The first-order chi connectivity index (χ1) is 14.2. The van der Waals surface area contributed by atoms with Crippen LogP contribution in [0.25, 0.3) is 0 Å². The van der Waals surface area contributed by atoms with Crippen LogP contribution in [0.4, 0.5) is 17.1 Å². The average molecular weight is 405 g/mol. The molecule has 3 aromatic rings. The van der Waals surface area contributed by atoms with Gasteiger partial charge in [0.1, 0.15) is 0 Å². The fraction of sp³-hybridized carbons (Fsp3) is 0.167. The molecular formula is C24H24N2O2S. The summed E-state index contributed by atoms with van der Waals surface area (Å²) >= 11 is 1.48. The van der Waals surface area contributed by atoms with Gasteiger partial charge in [-0.2, -0.15) is 0 Å². The van der Waals surface area contributed by atoms with Gasteiger partial charge in [-0.1, -0.05) is 43.3 Å². The summed E-state index contributed by atoms with van der Waals surface area (Å²) in [6.45, 7) is 1.98. The lowest BCUT2D eigenvalue weighted by Gasteiger charge is -2.23. The fourth-order valence-electron chi connectivity index (χ4n) is 2.89. The van der Waals surface area contributed by atoms with Gasteiger partial charge in [0.25, 0.3) is 0 Å². The Labute approximate surface area is 175 Å². The maximum absolute atomic E-state index is 13.0. The zero-order chi connectivity index (χ0) is 20.5. The predicted octanol–water partition coefficient (Wildman–Crippen LogP) is 5.88. The van der Waals surface area contributed by atoms with Crippen molar-refractivity contribution in [3.8, 4) is 0 Å². The Kier molecular flexibility index (Phi) is 7.47. The molecule has 0 bridgehead atoms. The normalized spacial score (nSPS) is 10.4. The number of carbonyl (C=O) groups excluding carboxylic acids is 2. The second-order valence-electron chi connectivity index (χ2n) is 6.51. The summed E-state index contributed by atoms with van der Waals surface area (Å²) in [5, 5.41) is 2.87. The van der Waals surface area contributed by atoms with E-state index in [-0.39, 0.29) is 11.8 Å². The van der Waals surface area contributed by atoms with Crippen LogP contribution < -0.4 is 10.2 Å². The Morgan fingerprint density at radius 1 is 0.828 bits per heavy atom. The number of para-hydroxylation sites is 2. The van der Waals surface area contributed by atoms with E-state index in [1.807, 2.05) is 91.9 Å². The largest absolute Gasteiger partial charge is 0.326 e. The van der Waals surface area contributed by atoms with Crippen molar-refractivity contribution in [2.24, 2.45) is 0 Å². The molecule has 1 N–H and O–H groups in total. The van der Waals surface area contributed by atoms with Crippen molar-refractivity contribution >= 4 is 40.6 Å². The van der Waals surface area contributed by atoms with Crippen LogP contribution in [-0.4, -0.2) is 17.6 Å². The molecule has 0 aliphatic rings. The SMILES string of the molecule is CCCC(=O)Nc1ccc(SCC(=O)N(c2ccccc2)c2ccccc2)cc1. The number of thioether (sulfide) groups is 1. The average Bonchev–Trinajstić information content (AvgIpc) is 2.75. The van der Waals surface area contributed by atoms with E-state index in [2.05, 4.69) is 5.32 Å². The Balaban J connectivity index is 1.67. The van der Waals surface area contributed by atoms with Crippen molar-refractivity contribution in [2.75, 3.05) is 16.0 Å². The lowest BCUT2D eigenvalue weighted by molar-refractivity contribution is -0.116. The second-order valence-corrected chi connectivity index (χ2v) is 7.56. The summed E-state index contributed by atoms with van der Waals surface area (Å²) in [5.74, 6) is 0.336. The summed E-state index contributed by atoms with van der Waals surface area (Å²) in [6.07, 6.45) is 1.33. The van der Waals surface area contributed by atoms with Gasteiger partial charge in [0, 0.05) is 28.4 Å². The molecule has 148 valence electrons. The van der Waals surface area contributed by atoms with Crippen molar-refractivity contribution in [2.45, 2.75) is 24.7 Å². The first-order valence-electron chi connectivity index (χ1n) is 9.63. The number of rotatable bonds is 8. The van der Waals surface area contributed by atoms with E-state index in [4.69, 9.17) is 0 Å². The van der Waals surface area contributed by atoms with E-state index in [9.17, 15) is 9.59 Å². The molecular weight excluding hydrogens is 380 g/mol. The van der Waals surface area contributed by atoms with E-state index in [0.717, 1.165) is 28.4 Å². The van der Waals surface area contributed by atoms with Crippen molar-refractivity contribution < 1.29 is 9.59 Å².